The Balaban J connectivity index is 1.57. The van der Waals surface area contributed by atoms with Gasteiger partial charge in [-0.15, -0.1) is 0 Å². The molecular weight excluding hydrogens is 548 g/mol. The first-order valence-corrected chi connectivity index (χ1v) is 13.8. The normalized spacial score (nSPS) is 25.4. The number of ketones is 1. The average molecular weight is 583 g/mol. The highest BCUT2D eigenvalue weighted by Crippen LogP contribution is 2.46. The van der Waals surface area contributed by atoms with Gasteiger partial charge < -0.3 is 45.2 Å². The fraction of sp³-hybridized carbons (Fsp3) is 0.419. The third-order valence-corrected chi connectivity index (χ3v) is 8.38. The molecule has 3 aromatic rings. The summed E-state index contributed by atoms with van der Waals surface area (Å²) in [5.41, 5.74) is -1.08. The van der Waals surface area contributed by atoms with E-state index in [-0.39, 0.29) is 52.5 Å². The van der Waals surface area contributed by atoms with Crippen LogP contribution in [0.15, 0.2) is 42.5 Å². The van der Waals surface area contributed by atoms with Crippen LogP contribution in [0.2, 0.25) is 0 Å². The Morgan fingerprint density at radius 1 is 0.976 bits per heavy atom. The molecule has 2 aliphatic rings. The zero-order valence-electron chi connectivity index (χ0n) is 22.9. The van der Waals surface area contributed by atoms with E-state index in [2.05, 4.69) is 0 Å². The number of ether oxygens (including phenoxy) is 2. The average Bonchev–Trinajstić information content (AvgIpc) is 3.42. The maximum Gasteiger partial charge on any atom is 0.335 e. The van der Waals surface area contributed by atoms with Crippen molar-refractivity contribution in [1.29, 1.82) is 0 Å². The van der Waals surface area contributed by atoms with E-state index < -0.39 is 59.6 Å². The van der Waals surface area contributed by atoms with Crippen LogP contribution in [0.1, 0.15) is 63.9 Å². The van der Waals surface area contributed by atoms with Crippen LogP contribution in [0.25, 0.3) is 10.8 Å². The summed E-state index contributed by atoms with van der Waals surface area (Å²) in [4.78, 5) is 25.3. The molecule has 1 aliphatic heterocycles. The quantitative estimate of drug-likeness (QED) is 0.152. The predicted octanol–water partition coefficient (Wildman–Crippen LogP) is 2.56. The first kappa shape index (κ1) is 29.7. The van der Waals surface area contributed by atoms with Gasteiger partial charge in [0.1, 0.15) is 41.7 Å². The first-order chi connectivity index (χ1) is 19.9. The lowest BCUT2D eigenvalue weighted by atomic mass is 9.85. The van der Waals surface area contributed by atoms with E-state index in [9.17, 15) is 45.3 Å². The number of hydrogen-bond acceptors (Lipinski definition) is 10. The summed E-state index contributed by atoms with van der Waals surface area (Å²) in [6, 6.07) is 11.4. The summed E-state index contributed by atoms with van der Waals surface area (Å²) in [7, 11) is 0. The minimum absolute atomic E-state index is 0.00154. The van der Waals surface area contributed by atoms with Gasteiger partial charge in [-0.05, 0) is 43.9 Å². The number of hydrogen-bond donors (Lipinski definition) is 7. The molecule has 0 bridgehead atoms. The molecule has 1 saturated carbocycles. The highest BCUT2D eigenvalue weighted by molar-refractivity contribution is 6.11. The Kier molecular flexibility index (Phi) is 8.15. The topological polar surface area (TPSA) is 194 Å². The Labute approximate surface area is 241 Å². The van der Waals surface area contributed by atoms with Crippen LogP contribution >= 0.6 is 0 Å². The van der Waals surface area contributed by atoms with Crippen molar-refractivity contribution >= 4 is 22.5 Å². The fourth-order valence-electron chi connectivity index (χ4n) is 6.04. The number of aryl methyl sites for hydroxylation is 1. The van der Waals surface area contributed by atoms with Crippen LogP contribution in [-0.4, -0.2) is 83.8 Å². The van der Waals surface area contributed by atoms with E-state index in [1.165, 1.54) is 6.92 Å². The van der Waals surface area contributed by atoms with E-state index in [1.54, 1.807) is 0 Å². The van der Waals surface area contributed by atoms with E-state index >= 15 is 0 Å². The Bertz CT molecular complexity index is 1500. The molecule has 0 radical (unpaired) electrons. The first-order valence-electron chi connectivity index (χ1n) is 13.8. The van der Waals surface area contributed by atoms with E-state index in [0.29, 0.717) is 19.3 Å². The van der Waals surface area contributed by atoms with Gasteiger partial charge >= 0.3 is 5.97 Å². The van der Waals surface area contributed by atoms with Gasteiger partial charge in [-0.1, -0.05) is 43.2 Å². The molecule has 224 valence electrons. The van der Waals surface area contributed by atoms with Crippen molar-refractivity contribution in [3.05, 3.63) is 64.7 Å². The maximum atomic E-state index is 13.3. The number of carbonyl (C=O) groups is 2. The Morgan fingerprint density at radius 3 is 2.29 bits per heavy atom. The summed E-state index contributed by atoms with van der Waals surface area (Å²) in [6.07, 6.45) is -6.06. The smallest absolute Gasteiger partial charge is 0.335 e. The molecule has 0 unspecified atom stereocenters. The van der Waals surface area contributed by atoms with Gasteiger partial charge in [-0.25, -0.2) is 4.79 Å². The highest BCUT2D eigenvalue weighted by Gasteiger charge is 2.54. The number of fused-ring (bicyclic) bond motifs is 1. The summed E-state index contributed by atoms with van der Waals surface area (Å²) < 4.78 is 11.7. The molecule has 0 spiro atoms. The molecule has 11 nitrogen and oxygen atoms in total. The van der Waals surface area contributed by atoms with E-state index in [4.69, 9.17) is 9.47 Å². The number of carboxylic acids is 1. The van der Waals surface area contributed by atoms with Gasteiger partial charge in [0.15, 0.2) is 5.78 Å². The van der Waals surface area contributed by atoms with Gasteiger partial charge in [0.05, 0.1) is 22.1 Å². The lowest BCUT2D eigenvalue weighted by Gasteiger charge is -2.45. The SMILES string of the molecule is Cc1c(C(=O)CCc2ccccc2)c(O)c2c(O[C@@H]3O[C@H](C4(O)CCCC4)[C@@H](O)[C@H](O)[C@H]3O)cc(C(=O)O)cc2c1O. The fourth-order valence-corrected chi connectivity index (χ4v) is 6.04. The number of aromatic hydroxyl groups is 2. The molecule has 1 heterocycles. The van der Waals surface area contributed by atoms with Gasteiger partial charge in [0.25, 0.3) is 0 Å². The minimum atomic E-state index is -1.84. The summed E-state index contributed by atoms with van der Waals surface area (Å²) >= 11 is 0. The molecule has 0 aromatic heterocycles. The molecule has 1 saturated heterocycles. The van der Waals surface area contributed by atoms with Crippen LogP contribution in [0.3, 0.4) is 0 Å². The summed E-state index contributed by atoms with van der Waals surface area (Å²) in [6.45, 7) is 1.43. The number of benzene rings is 3. The number of Topliss-reactive ketones (excluding diaryl/α,β-unsaturated/α-hetero) is 1. The third kappa shape index (κ3) is 5.30. The number of carbonyl (C=O) groups excluding carboxylic acids is 1. The van der Waals surface area contributed by atoms with Crippen molar-refractivity contribution in [2.24, 2.45) is 0 Å². The number of carboxylic acid groups (broad SMARTS) is 1. The molecule has 5 rings (SSSR count). The number of aliphatic hydroxyl groups is 4. The van der Waals surface area contributed by atoms with Crippen LogP contribution in [0.4, 0.5) is 0 Å². The highest BCUT2D eigenvalue weighted by atomic mass is 16.7. The zero-order chi connectivity index (χ0) is 30.3. The van der Waals surface area contributed by atoms with Crippen molar-refractivity contribution in [2.75, 3.05) is 0 Å². The van der Waals surface area contributed by atoms with Crippen molar-refractivity contribution in [3.63, 3.8) is 0 Å². The Hall–Kier alpha value is -3.74. The molecule has 0 amide bonds. The van der Waals surface area contributed by atoms with Gasteiger partial charge in [0, 0.05) is 17.4 Å². The summed E-state index contributed by atoms with van der Waals surface area (Å²) in [5.74, 6) is -3.24. The summed E-state index contributed by atoms with van der Waals surface area (Å²) in [5, 5.41) is 74.9. The van der Waals surface area contributed by atoms with Crippen LogP contribution < -0.4 is 4.74 Å². The van der Waals surface area contributed by atoms with Crippen molar-refractivity contribution in [2.45, 2.75) is 81.8 Å². The van der Waals surface area contributed by atoms with Crippen LogP contribution in [0, 0.1) is 6.92 Å². The van der Waals surface area contributed by atoms with Crippen LogP contribution in [0.5, 0.6) is 17.2 Å². The van der Waals surface area contributed by atoms with Crippen molar-refractivity contribution in [1.82, 2.24) is 0 Å². The number of phenols is 2. The second kappa shape index (κ2) is 11.5. The molecule has 42 heavy (non-hydrogen) atoms. The molecular formula is C31H34O11. The van der Waals surface area contributed by atoms with Crippen molar-refractivity contribution in [3.8, 4) is 17.2 Å². The second-order valence-corrected chi connectivity index (χ2v) is 11.1. The Morgan fingerprint density at radius 2 is 1.64 bits per heavy atom. The standard InChI is InChI=1S/C31H34O11/c1-15-21(19(32)10-9-16-7-3-2-4-8-16)24(34)22-18(23(15)33)13-17(29(38)39)14-20(22)41-30-27(37)25(35)26(36)28(42-30)31(40)11-5-6-12-31/h2-4,7-8,13-14,25-28,30,33-37,40H,5-6,9-12H2,1H3,(H,38,39)/t25-,26-,27+,28-,30+/m0/s1. The third-order valence-electron chi connectivity index (χ3n) is 8.38. The van der Waals surface area contributed by atoms with Gasteiger partial charge in [-0.3, -0.25) is 4.79 Å². The molecule has 3 aromatic carbocycles. The molecule has 7 N–H and O–H groups in total. The lowest BCUT2D eigenvalue weighted by molar-refractivity contribution is -0.303. The molecule has 11 heteroatoms. The lowest BCUT2D eigenvalue weighted by Crippen LogP contribution is -2.65. The van der Waals surface area contributed by atoms with Gasteiger partial charge in [-0.2, -0.15) is 0 Å². The molecule has 2 fully saturated rings. The number of aliphatic hydroxyl groups excluding tert-OH is 3. The predicted molar refractivity (Wildman–Crippen MR) is 149 cm³/mol. The second-order valence-electron chi connectivity index (χ2n) is 11.1. The molecule has 1 aliphatic carbocycles. The van der Waals surface area contributed by atoms with Crippen LogP contribution in [-0.2, 0) is 11.2 Å². The number of aromatic carboxylic acids is 1. The van der Waals surface area contributed by atoms with Gasteiger partial charge in [0.2, 0.25) is 6.29 Å². The monoisotopic (exact) mass is 582 g/mol. The van der Waals surface area contributed by atoms with E-state index in [1.807, 2.05) is 30.3 Å². The van der Waals surface area contributed by atoms with Crippen molar-refractivity contribution < 1.29 is 54.8 Å². The van der Waals surface area contributed by atoms with E-state index in [0.717, 1.165) is 17.7 Å². The maximum absolute atomic E-state index is 13.3. The largest absolute Gasteiger partial charge is 0.507 e. The zero-order valence-corrected chi connectivity index (χ0v) is 22.9. The number of phenolic OH excluding ortho intramolecular Hbond substituents is 2. The number of rotatable bonds is 8. The molecule has 5 atom stereocenters. The minimum Gasteiger partial charge on any atom is -0.507 e.